The molecule has 1 aromatic carbocycles. The van der Waals surface area contributed by atoms with E-state index in [2.05, 4.69) is 9.62 Å². The number of likely N-dealkylation sites (tertiary alicyclic amines) is 1. The van der Waals surface area contributed by atoms with Gasteiger partial charge in [-0.1, -0.05) is 12.1 Å². The summed E-state index contributed by atoms with van der Waals surface area (Å²) in [5.74, 6) is 0.170. The molecule has 2 rings (SSSR count). The van der Waals surface area contributed by atoms with Crippen LogP contribution in [0.3, 0.4) is 0 Å². The van der Waals surface area contributed by atoms with Crippen LogP contribution in [0, 0.1) is 0 Å². The summed E-state index contributed by atoms with van der Waals surface area (Å²) in [5, 5.41) is 0. The summed E-state index contributed by atoms with van der Waals surface area (Å²) in [5.41, 5.74) is 1.34. The molecule has 6 heteroatoms. The van der Waals surface area contributed by atoms with E-state index in [4.69, 9.17) is 0 Å². The van der Waals surface area contributed by atoms with Crippen LogP contribution in [0.25, 0.3) is 0 Å². The first-order valence-electron chi connectivity index (χ1n) is 6.73. The first-order chi connectivity index (χ1) is 9.42. The van der Waals surface area contributed by atoms with E-state index in [0.29, 0.717) is 18.7 Å². The molecular weight excluding hydrogens is 276 g/mol. The molecule has 0 radical (unpaired) electrons. The van der Waals surface area contributed by atoms with E-state index in [0.717, 1.165) is 24.9 Å². The highest BCUT2D eigenvalue weighted by Gasteiger charge is 2.15. The Kier molecular flexibility index (Phi) is 4.77. The third-order valence-corrected chi connectivity index (χ3v) is 3.84. The van der Waals surface area contributed by atoms with Gasteiger partial charge in [-0.25, -0.2) is 8.42 Å². The molecule has 0 aromatic heterocycles. The quantitative estimate of drug-likeness (QED) is 0.858. The van der Waals surface area contributed by atoms with E-state index in [9.17, 15) is 13.2 Å². The van der Waals surface area contributed by atoms with Gasteiger partial charge in [-0.15, -0.1) is 0 Å². The fraction of sp³-hybridized carbons (Fsp3) is 0.500. The summed E-state index contributed by atoms with van der Waals surface area (Å²) in [6.45, 7) is 2.49. The Morgan fingerprint density at radius 2 is 2.00 bits per heavy atom. The lowest BCUT2D eigenvalue weighted by molar-refractivity contribution is -0.119. The first kappa shape index (κ1) is 15.0. The monoisotopic (exact) mass is 296 g/mol. The highest BCUT2D eigenvalue weighted by molar-refractivity contribution is 7.92. The van der Waals surface area contributed by atoms with Gasteiger partial charge in [-0.2, -0.15) is 0 Å². The molecule has 0 spiro atoms. The van der Waals surface area contributed by atoms with Crippen LogP contribution >= 0.6 is 0 Å². The van der Waals surface area contributed by atoms with Crippen LogP contribution < -0.4 is 4.72 Å². The summed E-state index contributed by atoms with van der Waals surface area (Å²) in [6, 6.07) is 6.99. The van der Waals surface area contributed by atoms with E-state index in [1.165, 1.54) is 12.8 Å². The number of carbonyl (C=O) groups is 1. The van der Waals surface area contributed by atoms with Crippen molar-refractivity contribution in [2.24, 2.45) is 0 Å². The molecule has 1 aliphatic heterocycles. The molecule has 1 heterocycles. The normalized spacial score (nSPS) is 16.2. The summed E-state index contributed by atoms with van der Waals surface area (Å²) in [6.07, 6.45) is 3.79. The number of carbonyl (C=O) groups excluding carboxylic acids is 1. The fourth-order valence-electron chi connectivity index (χ4n) is 2.43. The number of benzene rings is 1. The second-order valence-corrected chi connectivity index (χ2v) is 7.02. The van der Waals surface area contributed by atoms with Crippen LogP contribution in [-0.2, 0) is 21.2 Å². The topological polar surface area (TPSA) is 66.5 Å². The van der Waals surface area contributed by atoms with Gasteiger partial charge in [0.1, 0.15) is 0 Å². The minimum Gasteiger partial charge on any atom is -0.298 e. The third kappa shape index (κ3) is 4.94. The van der Waals surface area contributed by atoms with Crippen molar-refractivity contribution in [3.05, 3.63) is 29.8 Å². The smallest absolute Gasteiger partial charge is 0.229 e. The molecule has 1 fully saturated rings. The fourth-order valence-corrected chi connectivity index (χ4v) is 2.99. The van der Waals surface area contributed by atoms with E-state index in [-0.39, 0.29) is 5.78 Å². The van der Waals surface area contributed by atoms with Gasteiger partial charge < -0.3 is 0 Å². The second-order valence-electron chi connectivity index (χ2n) is 5.27. The summed E-state index contributed by atoms with van der Waals surface area (Å²) < 4.78 is 24.8. The number of Topliss-reactive ketones (excluding diaryl/α,β-unsaturated/α-hetero) is 1. The number of hydrogen-bond acceptors (Lipinski definition) is 4. The van der Waals surface area contributed by atoms with Gasteiger partial charge in [-0.05, 0) is 43.6 Å². The number of nitrogens with one attached hydrogen (secondary N) is 1. The number of nitrogens with zero attached hydrogens (tertiary/aromatic N) is 1. The zero-order chi connectivity index (χ0) is 14.6. The van der Waals surface area contributed by atoms with Gasteiger partial charge in [0.2, 0.25) is 10.0 Å². The lowest BCUT2D eigenvalue weighted by atomic mass is 10.1. The van der Waals surface area contributed by atoms with Gasteiger partial charge in [0.15, 0.2) is 5.78 Å². The molecule has 1 aliphatic rings. The Bertz CT molecular complexity index is 578. The molecule has 5 nitrogen and oxygen atoms in total. The van der Waals surface area contributed by atoms with Crippen molar-refractivity contribution in [3.8, 4) is 0 Å². The lowest BCUT2D eigenvalue weighted by Gasteiger charge is -2.13. The Balaban J connectivity index is 1.95. The van der Waals surface area contributed by atoms with Crippen molar-refractivity contribution in [2.45, 2.75) is 19.3 Å². The molecule has 0 aliphatic carbocycles. The average molecular weight is 296 g/mol. The molecule has 20 heavy (non-hydrogen) atoms. The van der Waals surface area contributed by atoms with Crippen LogP contribution in [0.2, 0.25) is 0 Å². The van der Waals surface area contributed by atoms with Crippen LogP contribution in [0.1, 0.15) is 18.4 Å². The number of anilines is 1. The van der Waals surface area contributed by atoms with Crippen molar-refractivity contribution in [2.75, 3.05) is 30.6 Å². The van der Waals surface area contributed by atoms with Gasteiger partial charge >= 0.3 is 0 Å². The lowest BCUT2D eigenvalue weighted by Crippen LogP contribution is -2.27. The van der Waals surface area contributed by atoms with Crippen molar-refractivity contribution >= 4 is 21.5 Å². The Labute approximate surface area is 120 Å². The van der Waals surface area contributed by atoms with Gasteiger partial charge in [-0.3, -0.25) is 14.4 Å². The van der Waals surface area contributed by atoms with Crippen molar-refractivity contribution in [1.29, 1.82) is 0 Å². The van der Waals surface area contributed by atoms with Crippen LogP contribution in [0.4, 0.5) is 5.69 Å². The van der Waals surface area contributed by atoms with E-state index >= 15 is 0 Å². The highest BCUT2D eigenvalue weighted by atomic mass is 32.2. The first-order valence-corrected chi connectivity index (χ1v) is 8.62. The van der Waals surface area contributed by atoms with Crippen LogP contribution in [-0.4, -0.2) is 45.0 Å². The maximum Gasteiger partial charge on any atom is 0.229 e. The van der Waals surface area contributed by atoms with Gasteiger partial charge in [0, 0.05) is 12.1 Å². The van der Waals surface area contributed by atoms with Crippen LogP contribution in [0.5, 0.6) is 0 Å². The van der Waals surface area contributed by atoms with Gasteiger partial charge in [0.25, 0.3) is 0 Å². The largest absolute Gasteiger partial charge is 0.298 e. The van der Waals surface area contributed by atoms with Crippen LogP contribution in [0.15, 0.2) is 24.3 Å². The van der Waals surface area contributed by atoms with E-state index in [1.54, 1.807) is 18.2 Å². The number of hydrogen-bond donors (Lipinski definition) is 1. The zero-order valence-corrected chi connectivity index (χ0v) is 12.4. The molecule has 0 bridgehead atoms. The molecule has 1 aromatic rings. The minimum absolute atomic E-state index is 0.170. The predicted octanol–water partition coefficient (Wildman–Crippen LogP) is 1.27. The predicted molar refractivity (Wildman–Crippen MR) is 79.3 cm³/mol. The summed E-state index contributed by atoms with van der Waals surface area (Å²) in [4.78, 5) is 14.2. The molecule has 0 atom stereocenters. The zero-order valence-electron chi connectivity index (χ0n) is 11.6. The molecular formula is C14H20N2O3S. The highest BCUT2D eigenvalue weighted by Crippen LogP contribution is 2.13. The molecule has 0 amide bonds. The van der Waals surface area contributed by atoms with Crippen molar-refractivity contribution < 1.29 is 13.2 Å². The molecule has 1 saturated heterocycles. The van der Waals surface area contributed by atoms with Crippen molar-refractivity contribution in [3.63, 3.8) is 0 Å². The molecule has 110 valence electrons. The minimum atomic E-state index is -3.28. The summed E-state index contributed by atoms with van der Waals surface area (Å²) >= 11 is 0. The Morgan fingerprint density at radius 1 is 1.30 bits per heavy atom. The van der Waals surface area contributed by atoms with Crippen molar-refractivity contribution in [1.82, 2.24) is 4.90 Å². The Hall–Kier alpha value is -1.40. The Morgan fingerprint density at radius 3 is 2.65 bits per heavy atom. The average Bonchev–Trinajstić information content (AvgIpc) is 2.79. The molecule has 0 saturated carbocycles. The second kappa shape index (κ2) is 6.37. The summed E-state index contributed by atoms with van der Waals surface area (Å²) in [7, 11) is -3.28. The van der Waals surface area contributed by atoms with E-state index in [1.807, 2.05) is 6.07 Å². The number of rotatable bonds is 6. The standard InChI is InChI=1S/C14H20N2O3S/c1-20(18,19)15-13-6-4-5-12(9-13)10-14(17)11-16-7-2-3-8-16/h4-6,9,15H,2-3,7-8,10-11H2,1H3. The van der Waals surface area contributed by atoms with Gasteiger partial charge in [0.05, 0.1) is 12.8 Å². The number of sulfonamides is 1. The molecule has 0 unspecified atom stereocenters. The maximum absolute atomic E-state index is 12.0. The SMILES string of the molecule is CS(=O)(=O)Nc1cccc(CC(=O)CN2CCCC2)c1. The third-order valence-electron chi connectivity index (χ3n) is 3.23. The van der Waals surface area contributed by atoms with E-state index < -0.39 is 10.0 Å². The maximum atomic E-state index is 12.0. The number of ketones is 1. The molecule has 1 N–H and O–H groups in total.